The normalized spacial score (nSPS) is 14.8. The van der Waals surface area contributed by atoms with E-state index in [1.807, 2.05) is 52.0 Å². The second-order valence-electron chi connectivity index (χ2n) is 5.92. The van der Waals surface area contributed by atoms with Gasteiger partial charge in [0.1, 0.15) is 0 Å². The van der Waals surface area contributed by atoms with Crippen molar-refractivity contribution in [1.82, 2.24) is 4.90 Å². The molecule has 0 heterocycles. The highest BCUT2D eigenvalue weighted by molar-refractivity contribution is 5.66. The van der Waals surface area contributed by atoms with Crippen LogP contribution < -0.4 is 0 Å². The van der Waals surface area contributed by atoms with Gasteiger partial charge in [-0.3, -0.25) is 4.90 Å². The number of aliphatic hydroxyl groups excluding tert-OH is 1. The summed E-state index contributed by atoms with van der Waals surface area (Å²) in [6.07, 6.45) is -1.86. The Balaban J connectivity index is 3.00. The van der Waals surface area contributed by atoms with Gasteiger partial charge in [-0.05, 0) is 40.2 Å². The maximum absolute atomic E-state index is 11.4. The minimum Gasteiger partial charge on any atom is -0.465 e. The summed E-state index contributed by atoms with van der Waals surface area (Å²) < 4.78 is 0. The van der Waals surface area contributed by atoms with Crippen LogP contribution in [0.5, 0.6) is 0 Å². The maximum Gasteiger partial charge on any atom is 0.408 e. The van der Waals surface area contributed by atoms with E-state index in [1.54, 1.807) is 6.92 Å². The highest BCUT2D eigenvalue weighted by Gasteiger charge is 2.34. The van der Waals surface area contributed by atoms with Crippen molar-refractivity contribution in [2.45, 2.75) is 52.3 Å². The number of aryl methyl sites for hydroxylation is 1. The molecule has 0 aliphatic rings. The molecular weight excluding hydrogens is 242 g/mol. The van der Waals surface area contributed by atoms with E-state index in [0.29, 0.717) is 0 Å². The molecule has 4 nitrogen and oxygen atoms in total. The molecule has 0 aromatic heterocycles. The van der Waals surface area contributed by atoms with Crippen LogP contribution in [0, 0.1) is 6.92 Å². The Labute approximate surface area is 114 Å². The van der Waals surface area contributed by atoms with E-state index in [4.69, 9.17) is 0 Å². The molecule has 0 saturated heterocycles. The molecule has 2 atom stereocenters. The van der Waals surface area contributed by atoms with Crippen molar-refractivity contribution in [2.24, 2.45) is 0 Å². The topological polar surface area (TPSA) is 60.8 Å². The molecule has 19 heavy (non-hydrogen) atoms. The largest absolute Gasteiger partial charge is 0.465 e. The molecule has 106 valence electrons. The zero-order chi connectivity index (χ0) is 14.8. The fourth-order valence-corrected chi connectivity index (χ4v) is 2.26. The number of nitrogens with zero attached hydrogens (tertiary/aromatic N) is 1. The van der Waals surface area contributed by atoms with Crippen LogP contribution in [0.4, 0.5) is 4.79 Å². The summed E-state index contributed by atoms with van der Waals surface area (Å²) in [5.41, 5.74) is 1.28. The van der Waals surface area contributed by atoms with Crippen molar-refractivity contribution in [3.05, 3.63) is 35.4 Å². The lowest BCUT2D eigenvalue weighted by molar-refractivity contribution is 0.0141. The zero-order valence-corrected chi connectivity index (χ0v) is 12.2. The number of carbonyl (C=O) groups is 1. The van der Waals surface area contributed by atoms with Gasteiger partial charge in [0.2, 0.25) is 0 Å². The third kappa shape index (κ3) is 3.70. The Morgan fingerprint density at radius 3 is 2.05 bits per heavy atom. The monoisotopic (exact) mass is 265 g/mol. The van der Waals surface area contributed by atoms with E-state index in [9.17, 15) is 15.0 Å². The standard InChI is InChI=1S/C15H23NO3/c1-10-6-8-12(9-7-10)13(17)11(2)16(14(18)19)15(3,4)5/h6-9,11,13,17H,1-5H3,(H,18,19)/t11-,13-/m0/s1. The van der Waals surface area contributed by atoms with Crippen molar-refractivity contribution in [2.75, 3.05) is 0 Å². The van der Waals surface area contributed by atoms with Gasteiger partial charge >= 0.3 is 6.09 Å². The second kappa shape index (κ2) is 5.61. The molecule has 1 aromatic rings. The summed E-state index contributed by atoms with van der Waals surface area (Å²) in [5, 5.41) is 19.7. The van der Waals surface area contributed by atoms with Crippen LogP contribution in [0.1, 0.15) is 44.9 Å². The van der Waals surface area contributed by atoms with Crippen molar-refractivity contribution in [3.63, 3.8) is 0 Å². The number of amides is 1. The number of hydrogen-bond acceptors (Lipinski definition) is 2. The van der Waals surface area contributed by atoms with Gasteiger partial charge < -0.3 is 10.2 Å². The van der Waals surface area contributed by atoms with E-state index in [0.717, 1.165) is 11.1 Å². The molecule has 0 aliphatic carbocycles. The first kappa shape index (κ1) is 15.5. The molecule has 1 rings (SSSR count). The first-order valence-corrected chi connectivity index (χ1v) is 6.41. The number of rotatable bonds is 3. The fourth-order valence-electron chi connectivity index (χ4n) is 2.26. The molecule has 2 N–H and O–H groups in total. The number of benzene rings is 1. The molecule has 4 heteroatoms. The lowest BCUT2D eigenvalue weighted by Gasteiger charge is -2.40. The summed E-state index contributed by atoms with van der Waals surface area (Å²) in [7, 11) is 0. The zero-order valence-electron chi connectivity index (χ0n) is 12.2. The Hall–Kier alpha value is -1.55. The summed E-state index contributed by atoms with van der Waals surface area (Å²) >= 11 is 0. The summed E-state index contributed by atoms with van der Waals surface area (Å²) in [6.45, 7) is 9.15. The molecule has 1 amide bonds. The number of aliphatic hydroxyl groups is 1. The third-order valence-electron chi connectivity index (χ3n) is 3.21. The van der Waals surface area contributed by atoms with Gasteiger partial charge in [0.05, 0.1) is 12.1 Å². The Kier molecular flexibility index (Phi) is 4.58. The van der Waals surface area contributed by atoms with Crippen LogP contribution in [0.3, 0.4) is 0 Å². The Morgan fingerprint density at radius 1 is 1.21 bits per heavy atom. The predicted molar refractivity (Wildman–Crippen MR) is 75.2 cm³/mol. The van der Waals surface area contributed by atoms with Gasteiger partial charge in [0, 0.05) is 5.54 Å². The lowest BCUT2D eigenvalue weighted by atomic mass is 9.97. The average Bonchev–Trinajstić information content (AvgIpc) is 2.26. The summed E-state index contributed by atoms with van der Waals surface area (Å²) in [4.78, 5) is 12.7. The molecule has 0 saturated carbocycles. The van der Waals surface area contributed by atoms with Crippen LogP contribution >= 0.6 is 0 Å². The van der Waals surface area contributed by atoms with E-state index in [2.05, 4.69) is 0 Å². The second-order valence-corrected chi connectivity index (χ2v) is 5.92. The lowest BCUT2D eigenvalue weighted by Crippen LogP contribution is -2.52. The molecule has 0 fully saturated rings. The van der Waals surface area contributed by atoms with Crippen LogP contribution in [0.25, 0.3) is 0 Å². The van der Waals surface area contributed by atoms with E-state index in [1.165, 1.54) is 4.90 Å². The first-order valence-electron chi connectivity index (χ1n) is 6.41. The smallest absolute Gasteiger partial charge is 0.408 e. The molecule has 0 bridgehead atoms. The maximum atomic E-state index is 11.4. The third-order valence-corrected chi connectivity index (χ3v) is 3.21. The van der Waals surface area contributed by atoms with Crippen molar-refractivity contribution >= 4 is 6.09 Å². The highest BCUT2D eigenvalue weighted by Crippen LogP contribution is 2.26. The summed E-state index contributed by atoms with van der Waals surface area (Å²) in [5.74, 6) is 0. The minimum atomic E-state index is -1.02. The quantitative estimate of drug-likeness (QED) is 0.882. The average molecular weight is 265 g/mol. The van der Waals surface area contributed by atoms with Crippen LogP contribution in [-0.4, -0.2) is 32.8 Å². The van der Waals surface area contributed by atoms with Gasteiger partial charge in [-0.2, -0.15) is 0 Å². The Morgan fingerprint density at radius 2 is 1.68 bits per heavy atom. The van der Waals surface area contributed by atoms with E-state index >= 15 is 0 Å². The van der Waals surface area contributed by atoms with Gasteiger partial charge in [-0.25, -0.2) is 4.79 Å². The first-order chi connectivity index (χ1) is 8.64. The van der Waals surface area contributed by atoms with Crippen molar-refractivity contribution in [3.8, 4) is 0 Å². The van der Waals surface area contributed by atoms with E-state index < -0.39 is 23.8 Å². The molecule has 0 unspecified atom stereocenters. The van der Waals surface area contributed by atoms with E-state index in [-0.39, 0.29) is 0 Å². The molecule has 0 radical (unpaired) electrons. The van der Waals surface area contributed by atoms with Gasteiger partial charge in [0.15, 0.2) is 0 Å². The van der Waals surface area contributed by atoms with Gasteiger partial charge in [-0.15, -0.1) is 0 Å². The molecule has 1 aromatic carbocycles. The Bertz CT molecular complexity index is 434. The van der Waals surface area contributed by atoms with Crippen LogP contribution in [0.2, 0.25) is 0 Å². The SMILES string of the molecule is Cc1ccc([C@@H](O)[C@H](C)N(C(=O)O)C(C)(C)C)cc1. The van der Waals surface area contributed by atoms with Crippen LogP contribution in [-0.2, 0) is 0 Å². The molecule has 0 aliphatic heterocycles. The predicted octanol–water partition coefficient (Wildman–Crippen LogP) is 3.20. The highest BCUT2D eigenvalue weighted by atomic mass is 16.4. The fraction of sp³-hybridized carbons (Fsp3) is 0.533. The van der Waals surface area contributed by atoms with Gasteiger partial charge in [0.25, 0.3) is 0 Å². The number of carboxylic acid groups (broad SMARTS) is 1. The number of hydrogen-bond donors (Lipinski definition) is 2. The van der Waals surface area contributed by atoms with Crippen molar-refractivity contribution < 1.29 is 15.0 Å². The van der Waals surface area contributed by atoms with Crippen molar-refractivity contribution in [1.29, 1.82) is 0 Å². The van der Waals surface area contributed by atoms with Crippen LogP contribution in [0.15, 0.2) is 24.3 Å². The molecular formula is C15H23NO3. The summed E-state index contributed by atoms with van der Waals surface area (Å²) in [6, 6.07) is 6.97. The minimum absolute atomic E-state index is 0.514. The van der Waals surface area contributed by atoms with Gasteiger partial charge in [-0.1, -0.05) is 29.8 Å². The molecule has 0 spiro atoms.